The molecule has 3 fully saturated rings. The predicted octanol–water partition coefficient (Wildman–Crippen LogP) is -3.30. The van der Waals surface area contributed by atoms with Gasteiger partial charge in [-0.15, -0.1) is 0 Å². The molecule has 3 saturated heterocycles. The van der Waals surface area contributed by atoms with Crippen molar-refractivity contribution in [3.63, 3.8) is 0 Å². The van der Waals surface area contributed by atoms with E-state index in [2.05, 4.69) is 0 Å². The largest absolute Gasteiger partial charge is 1.00 e. The van der Waals surface area contributed by atoms with Crippen LogP contribution in [-0.4, -0.2) is 87.8 Å². The van der Waals surface area contributed by atoms with Crippen molar-refractivity contribution in [3.05, 3.63) is 0 Å². The zero-order valence-electron chi connectivity index (χ0n) is 10.6. The Bertz CT molecular complexity index is 213. The minimum Gasteiger partial charge on any atom is -1.00 e. The number of quaternary nitrogens is 2. The molecule has 0 aromatic carbocycles. The van der Waals surface area contributed by atoms with Crippen LogP contribution in [0.1, 0.15) is 0 Å². The number of ether oxygens (including phenoxy) is 2. The van der Waals surface area contributed by atoms with E-state index in [9.17, 15) is 0 Å². The van der Waals surface area contributed by atoms with Gasteiger partial charge >= 0.3 is 0 Å². The second-order valence-electron chi connectivity index (χ2n) is 5.70. The molecule has 0 aliphatic carbocycles. The van der Waals surface area contributed by atoms with Crippen molar-refractivity contribution >= 4 is 0 Å². The molecule has 4 nitrogen and oxygen atoms in total. The molecule has 0 saturated carbocycles. The van der Waals surface area contributed by atoms with Gasteiger partial charge in [-0.25, -0.2) is 0 Å². The standard InChI is InChI=1S/C12H24N2O2.BrH/c1-2-14(7-11-16-12-8-14)4-3-13(1)5-9-15-10-6-13;/h1-12H2;1H/q+2;/p-1. The Labute approximate surface area is 114 Å². The first-order valence-corrected chi connectivity index (χ1v) is 6.68. The number of hydrogen-bond acceptors (Lipinski definition) is 2. The summed E-state index contributed by atoms with van der Waals surface area (Å²) in [5.41, 5.74) is 0. The first kappa shape index (κ1) is 13.7. The molecule has 2 spiro atoms. The molecule has 0 atom stereocenters. The molecule has 0 unspecified atom stereocenters. The molecule has 0 radical (unpaired) electrons. The van der Waals surface area contributed by atoms with Gasteiger partial charge in [-0.2, -0.15) is 0 Å². The molecule has 5 heteroatoms. The van der Waals surface area contributed by atoms with Gasteiger partial charge in [0.1, 0.15) is 52.4 Å². The molecule has 0 N–H and O–H groups in total. The number of nitrogens with zero attached hydrogens (tertiary/aromatic N) is 2. The Morgan fingerprint density at radius 1 is 0.471 bits per heavy atom. The van der Waals surface area contributed by atoms with Gasteiger partial charge in [0.15, 0.2) is 0 Å². The van der Waals surface area contributed by atoms with E-state index in [0.29, 0.717) is 0 Å². The van der Waals surface area contributed by atoms with Crippen molar-refractivity contribution in [2.75, 3.05) is 78.8 Å². The zero-order valence-corrected chi connectivity index (χ0v) is 12.2. The smallest absolute Gasteiger partial charge is 0.129 e. The van der Waals surface area contributed by atoms with Crippen LogP contribution in [0, 0.1) is 0 Å². The lowest BCUT2D eigenvalue weighted by molar-refractivity contribution is -1.04. The van der Waals surface area contributed by atoms with Crippen LogP contribution in [0.25, 0.3) is 0 Å². The first-order valence-electron chi connectivity index (χ1n) is 6.68. The summed E-state index contributed by atoms with van der Waals surface area (Å²) in [4.78, 5) is 0. The van der Waals surface area contributed by atoms with Crippen molar-refractivity contribution in [2.45, 2.75) is 0 Å². The van der Waals surface area contributed by atoms with Crippen LogP contribution in [0.5, 0.6) is 0 Å². The van der Waals surface area contributed by atoms with E-state index in [1.807, 2.05) is 0 Å². The van der Waals surface area contributed by atoms with Gasteiger partial charge in [-0.1, -0.05) is 0 Å². The average Bonchev–Trinajstić information content (AvgIpc) is 2.36. The monoisotopic (exact) mass is 307 g/mol. The summed E-state index contributed by atoms with van der Waals surface area (Å²) in [7, 11) is 0. The van der Waals surface area contributed by atoms with Crippen molar-refractivity contribution < 1.29 is 35.4 Å². The van der Waals surface area contributed by atoms with Gasteiger partial charge in [0, 0.05) is 0 Å². The number of halogens is 1. The van der Waals surface area contributed by atoms with Crippen molar-refractivity contribution in [1.82, 2.24) is 0 Å². The second kappa shape index (κ2) is 5.53. The van der Waals surface area contributed by atoms with E-state index in [1.165, 1.54) is 61.3 Å². The lowest BCUT2D eigenvalue weighted by Crippen LogP contribution is -3.00. The molecule has 100 valence electrons. The van der Waals surface area contributed by atoms with E-state index in [0.717, 1.165) is 26.4 Å². The van der Waals surface area contributed by atoms with Crippen LogP contribution in [0.2, 0.25) is 0 Å². The lowest BCUT2D eigenvalue weighted by atomic mass is 10.1. The van der Waals surface area contributed by atoms with Crippen LogP contribution < -0.4 is 17.0 Å². The molecule has 0 aromatic heterocycles. The van der Waals surface area contributed by atoms with Gasteiger partial charge in [-0.05, 0) is 0 Å². The van der Waals surface area contributed by atoms with E-state index in [1.54, 1.807) is 0 Å². The van der Waals surface area contributed by atoms with Crippen LogP contribution in [0.3, 0.4) is 0 Å². The summed E-state index contributed by atoms with van der Waals surface area (Å²) in [6.07, 6.45) is 0. The summed E-state index contributed by atoms with van der Waals surface area (Å²) >= 11 is 0. The predicted molar refractivity (Wildman–Crippen MR) is 61.1 cm³/mol. The summed E-state index contributed by atoms with van der Waals surface area (Å²) in [6, 6.07) is 0. The van der Waals surface area contributed by atoms with Crippen LogP contribution in [-0.2, 0) is 9.47 Å². The fraction of sp³-hybridized carbons (Fsp3) is 1.00. The van der Waals surface area contributed by atoms with Crippen molar-refractivity contribution in [3.8, 4) is 0 Å². The quantitative estimate of drug-likeness (QED) is 0.437. The number of rotatable bonds is 0. The number of piperazine rings is 1. The minimum atomic E-state index is 0. The van der Waals surface area contributed by atoms with E-state index in [4.69, 9.17) is 9.47 Å². The molecular weight excluding hydrogens is 284 g/mol. The Kier molecular flexibility index (Phi) is 4.47. The molecule has 3 aliphatic heterocycles. The molecule has 3 aliphatic rings. The van der Waals surface area contributed by atoms with Gasteiger partial charge in [0.2, 0.25) is 0 Å². The Hall–Kier alpha value is 0.320. The summed E-state index contributed by atoms with van der Waals surface area (Å²) in [5.74, 6) is 0. The molecule has 17 heavy (non-hydrogen) atoms. The summed E-state index contributed by atoms with van der Waals surface area (Å²) < 4.78 is 13.7. The molecule has 3 rings (SSSR count). The van der Waals surface area contributed by atoms with Gasteiger partial charge in [0.05, 0.1) is 26.4 Å². The normalized spacial score (nSPS) is 31.1. The average molecular weight is 308 g/mol. The Morgan fingerprint density at radius 2 is 0.765 bits per heavy atom. The minimum absolute atomic E-state index is 0. The van der Waals surface area contributed by atoms with E-state index >= 15 is 0 Å². The highest BCUT2D eigenvalue weighted by molar-refractivity contribution is 4.60. The topological polar surface area (TPSA) is 18.5 Å². The molecular formula is C12H24BrN2O2+. The van der Waals surface area contributed by atoms with Crippen molar-refractivity contribution in [2.24, 2.45) is 0 Å². The Morgan fingerprint density at radius 3 is 1.06 bits per heavy atom. The van der Waals surface area contributed by atoms with Crippen LogP contribution in [0.15, 0.2) is 0 Å². The first-order chi connectivity index (χ1) is 7.83. The maximum atomic E-state index is 5.49. The van der Waals surface area contributed by atoms with Gasteiger partial charge in [0.25, 0.3) is 0 Å². The maximum Gasteiger partial charge on any atom is 0.129 e. The number of morpholine rings is 2. The highest BCUT2D eigenvalue weighted by atomic mass is 79.9. The fourth-order valence-electron chi connectivity index (χ4n) is 3.43. The molecule has 0 bridgehead atoms. The van der Waals surface area contributed by atoms with Gasteiger partial charge < -0.3 is 35.4 Å². The third-order valence-corrected chi connectivity index (χ3v) is 4.94. The third-order valence-electron chi connectivity index (χ3n) is 4.94. The zero-order chi connectivity index (χ0) is 10.9. The van der Waals surface area contributed by atoms with Crippen molar-refractivity contribution in [1.29, 1.82) is 0 Å². The maximum absolute atomic E-state index is 5.49. The fourth-order valence-corrected chi connectivity index (χ4v) is 3.43. The van der Waals surface area contributed by atoms with E-state index in [-0.39, 0.29) is 17.0 Å². The highest BCUT2D eigenvalue weighted by Gasteiger charge is 2.43. The lowest BCUT2D eigenvalue weighted by Gasteiger charge is -2.51. The van der Waals surface area contributed by atoms with E-state index < -0.39 is 0 Å². The van der Waals surface area contributed by atoms with Crippen LogP contribution in [0.4, 0.5) is 0 Å². The SMILES string of the molecule is C1C[N+]2(CCO1)CC[N+]1(CCOCC1)CC2.[Br-]. The highest BCUT2D eigenvalue weighted by Crippen LogP contribution is 2.22. The molecule has 3 heterocycles. The summed E-state index contributed by atoms with van der Waals surface area (Å²) in [5, 5.41) is 0. The third kappa shape index (κ3) is 2.84. The molecule has 0 amide bonds. The molecule has 0 aromatic rings. The van der Waals surface area contributed by atoms with Gasteiger partial charge in [-0.3, -0.25) is 0 Å². The summed E-state index contributed by atoms with van der Waals surface area (Å²) in [6.45, 7) is 14.3. The Balaban J connectivity index is 0.00000108. The second-order valence-corrected chi connectivity index (χ2v) is 5.70. The number of hydrogen-bond donors (Lipinski definition) is 0. The van der Waals surface area contributed by atoms with Crippen LogP contribution >= 0.6 is 0 Å².